The van der Waals surface area contributed by atoms with E-state index in [0.717, 1.165) is 0 Å². The summed E-state index contributed by atoms with van der Waals surface area (Å²) in [5.74, 6) is 0.842. The highest BCUT2D eigenvalue weighted by Crippen LogP contribution is 2.26. The molecule has 1 aromatic carbocycles. The van der Waals surface area contributed by atoms with Crippen LogP contribution in [0.2, 0.25) is 0 Å². The van der Waals surface area contributed by atoms with Gasteiger partial charge in [-0.3, -0.25) is 4.79 Å². The highest BCUT2D eigenvalue weighted by molar-refractivity contribution is 5.82. The van der Waals surface area contributed by atoms with Crippen LogP contribution in [0, 0.1) is 6.92 Å². The van der Waals surface area contributed by atoms with E-state index in [1.807, 2.05) is 11.8 Å². The molecule has 0 bridgehead atoms. The number of nitrogens with one attached hydrogen (secondary N) is 1. The molecule has 0 spiro atoms. The summed E-state index contributed by atoms with van der Waals surface area (Å²) in [5.41, 5.74) is 1.85. The number of piperazine rings is 1. The number of nitrogens with zero attached hydrogens (tertiary/aromatic N) is 6. The number of alkyl halides is 2. The monoisotopic (exact) mass is 429 g/mol. The molecule has 3 aromatic rings. The molecular weight excluding hydrogens is 408 g/mol. The first-order valence-electron chi connectivity index (χ1n) is 9.75. The zero-order valence-corrected chi connectivity index (χ0v) is 17.0. The first-order chi connectivity index (χ1) is 14.9. The molecule has 162 valence electrons. The molecule has 31 heavy (non-hydrogen) atoms. The van der Waals surface area contributed by atoms with Crippen molar-refractivity contribution >= 4 is 11.7 Å². The molecule has 1 N–H and O–H groups in total. The molecule has 2 aromatic heterocycles. The Hall–Kier alpha value is -3.63. The number of anilines is 1. The Labute approximate surface area is 177 Å². The Morgan fingerprint density at radius 1 is 1.10 bits per heavy atom. The van der Waals surface area contributed by atoms with Crippen molar-refractivity contribution in [2.24, 2.45) is 0 Å². The number of ether oxygens (including phenoxy) is 1. The van der Waals surface area contributed by atoms with Crippen molar-refractivity contribution in [2.45, 2.75) is 26.4 Å². The highest BCUT2D eigenvalue weighted by Gasteiger charge is 2.21. The Morgan fingerprint density at radius 2 is 1.87 bits per heavy atom. The van der Waals surface area contributed by atoms with Gasteiger partial charge in [-0.15, -0.1) is 15.3 Å². The van der Waals surface area contributed by atoms with Crippen LogP contribution in [0.25, 0.3) is 5.69 Å². The van der Waals surface area contributed by atoms with Crippen molar-refractivity contribution in [3.63, 3.8) is 0 Å². The second-order valence-electron chi connectivity index (χ2n) is 7.13. The molecule has 4 rings (SSSR count). The number of hydrogen-bond donors (Lipinski definition) is 1. The zero-order valence-electron chi connectivity index (χ0n) is 17.0. The van der Waals surface area contributed by atoms with Crippen LogP contribution in [0.3, 0.4) is 0 Å². The number of carbonyl (C=O) groups is 1. The van der Waals surface area contributed by atoms with Gasteiger partial charge in [0.25, 0.3) is 6.43 Å². The Kier molecular flexibility index (Phi) is 5.74. The molecule has 1 aliphatic rings. The fourth-order valence-electron chi connectivity index (χ4n) is 3.40. The number of carbonyl (C=O) groups excluding carboxylic acids is 1. The smallest absolute Gasteiger partial charge is 0.263 e. The number of aromatic nitrogens is 5. The van der Waals surface area contributed by atoms with E-state index in [1.165, 1.54) is 12.1 Å². The maximum atomic E-state index is 12.8. The SMILES string of the molecule is Cc1nnn(-c2ccc(C(F)F)cc2)c1C(C)Oc1ccc(N2CCNC(=O)C2)nn1. The van der Waals surface area contributed by atoms with E-state index in [9.17, 15) is 13.6 Å². The molecule has 3 heterocycles. The van der Waals surface area contributed by atoms with Crippen molar-refractivity contribution in [3.8, 4) is 11.6 Å². The summed E-state index contributed by atoms with van der Waals surface area (Å²) < 4.78 is 33.2. The molecule has 1 amide bonds. The Morgan fingerprint density at radius 3 is 2.52 bits per heavy atom. The standard InChI is InChI=1S/C20H21F2N7O2/c1-12-19(29(27-24-12)15-5-3-14(4-6-15)20(21)22)13(2)31-18-8-7-16(25-26-18)28-10-9-23-17(30)11-28/h3-8,13,20H,9-11H2,1-2H3,(H,23,30). The maximum absolute atomic E-state index is 12.8. The molecule has 0 radical (unpaired) electrons. The fourth-order valence-corrected chi connectivity index (χ4v) is 3.40. The third kappa shape index (κ3) is 4.44. The minimum absolute atomic E-state index is 0.0557. The lowest BCUT2D eigenvalue weighted by Crippen LogP contribution is -2.48. The first kappa shape index (κ1) is 20.6. The largest absolute Gasteiger partial charge is 0.467 e. The maximum Gasteiger partial charge on any atom is 0.263 e. The van der Waals surface area contributed by atoms with Gasteiger partial charge in [-0.2, -0.15) is 0 Å². The molecule has 1 aliphatic heterocycles. The van der Waals surface area contributed by atoms with Gasteiger partial charge in [-0.25, -0.2) is 13.5 Å². The number of hydrogen-bond acceptors (Lipinski definition) is 7. The zero-order chi connectivity index (χ0) is 22.0. The summed E-state index contributed by atoms with van der Waals surface area (Å²) in [4.78, 5) is 13.4. The molecule has 0 saturated carbocycles. The van der Waals surface area contributed by atoms with Gasteiger partial charge in [-0.05, 0) is 32.0 Å². The number of aryl methyl sites for hydroxylation is 1. The van der Waals surface area contributed by atoms with Gasteiger partial charge in [0, 0.05) is 24.7 Å². The highest BCUT2D eigenvalue weighted by atomic mass is 19.3. The van der Waals surface area contributed by atoms with Gasteiger partial charge in [-0.1, -0.05) is 17.3 Å². The Bertz CT molecular complexity index is 1050. The third-order valence-electron chi connectivity index (χ3n) is 4.94. The molecule has 0 aliphatic carbocycles. The van der Waals surface area contributed by atoms with Crippen LogP contribution in [0.5, 0.6) is 5.88 Å². The van der Waals surface area contributed by atoms with E-state index in [-0.39, 0.29) is 18.0 Å². The van der Waals surface area contributed by atoms with E-state index in [0.29, 0.717) is 41.9 Å². The third-order valence-corrected chi connectivity index (χ3v) is 4.94. The van der Waals surface area contributed by atoms with E-state index in [1.54, 1.807) is 35.9 Å². The lowest BCUT2D eigenvalue weighted by atomic mass is 10.2. The molecule has 11 heteroatoms. The molecule has 1 saturated heterocycles. The van der Waals surface area contributed by atoms with Crippen molar-refractivity contribution in [2.75, 3.05) is 24.5 Å². The van der Waals surface area contributed by atoms with Gasteiger partial charge >= 0.3 is 0 Å². The van der Waals surface area contributed by atoms with Gasteiger partial charge in [0.1, 0.15) is 11.8 Å². The average molecular weight is 429 g/mol. The minimum Gasteiger partial charge on any atom is -0.467 e. The molecule has 9 nitrogen and oxygen atoms in total. The second-order valence-corrected chi connectivity index (χ2v) is 7.13. The molecule has 1 fully saturated rings. The van der Waals surface area contributed by atoms with Crippen LogP contribution in [0.15, 0.2) is 36.4 Å². The van der Waals surface area contributed by atoms with Gasteiger partial charge in [0.15, 0.2) is 5.82 Å². The quantitative estimate of drug-likeness (QED) is 0.642. The van der Waals surface area contributed by atoms with E-state index >= 15 is 0 Å². The fraction of sp³-hybridized carbons (Fsp3) is 0.350. The lowest BCUT2D eigenvalue weighted by Gasteiger charge is -2.27. The van der Waals surface area contributed by atoms with E-state index < -0.39 is 12.5 Å². The molecular formula is C20H21F2N7O2. The van der Waals surface area contributed by atoms with Crippen LogP contribution in [-0.4, -0.2) is 50.7 Å². The first-order valence-corrected chi connectivity index (χ1v) is 9.75. The minimum atomic E-state index is -2.53. The van der Waals surface area contributed by atoms with Crippen LogP contribution < -0.4 is 15.0 Å². The van der Waals surface area contributed by atoms with Crippen LogP contribution >= 0.6 is 0 Å². The van der Waals surface area contributed by atoms with Crippen LogP contribution in [0.4, 0.5) is 14.6 Å². The number of rotatable bonds is 6. The van der Waals surface area contributed by atoms with Crippen LogP contribution in [0.1, 0.15) is 36.4 Å². The van der Waals surface area contributed by atoms with Crippen molar-refractivity contribution in [3.05, 3.63) is 53.3 Å². The van der Waals surface area contributed by atoms with Crippen LogP contribution in [-0.2, 0) is 4.79 Å². The lowest BCUT2D eigenvalue weighted by molar-refractivity contribution is -0.120. The summed E-state index contributed by atoms with van der Waals surface area (Å²) >= 11 is 0. The summed E-state index contributed by atoms with van der Waals surface area (Å²) in [5, 5.41) is 19.3. The summed E-state index contributed by atoms with van der Waals surface area (Å²) in [6, 6.07) is 9.28. The van der Waals surface area contributed by atoms with Crippen molar-refractivity contribution < 1.29 is 18.3 Å². The van der Waals surface area contributed by atoms with Gasteiger partial charge < -0.3 is 15.0 Å². The van der Waals surface area contributed by atoms with Gasteiger partial charge in [0.05, 0.1) is 17.9 Å². The van der Waals surface area contributed by atoms with Gasteiger partial charge in [0.2, 0.25) is 11.8 Å². The van der Waals surface area contributed by atoms with Crippen molar-refractivity contribution in [1.82, 2.24) is 30.5 Å². The molecule has 1 unspecified atom stereocenters. The predicted molar refractivity (Wildman–Crippen MR) is 107 cm³/mol. The Balaban J connectivity index is 1.50. The average Bonchev–Trinajstić information content (AvgIpc) is 3.16. The summed E-state index contributed by atoms with van der Waals surface area (Å²) in [6.07, 6.45) is -3.01. The number of halogens is 2. The number of amides is 1. The predicted octanol–water partition coefficient (Wildman–Crippen LogP) is 2.38. The number of benzene rings is 1. The van der Waals surface area contributed by atoms with Crippen molar-refractivity contribution in [1.29, 1.82) is 0 Å². The molecule has 1 atom stereocenters. The van der Waals surface area contributed by atoms with E-state index in [4.69, 9.17) is 4.74 Å². The second kappa shape index (κ2) is 8.62. The summed E-state index contributed by atoms with van der Waals surface area (Å²) in [7, 11) is 0. The van der Waals surface area contributed by atoms with E-state index in [2.05, 4.69) is 25.8 Å². The normalized spacial score (nSPS) is 15.1. The summed E-state index contributed by atoms with van der Waals surface area (Å²) in [6.45, 7) is 5.07. The topological polar surface area (TPSA) is 98.1 Å².